The molecule has 0 saturated carbocycles. The minimum atomic E-state index is -0.766. The standard InChI is InChI=1S/C18H20O2/c1-12-9-13(2)18(14(3)10-12)16(11-17(19)20)15-7-5-4-6-8-15/h4-10,16H,11H2,1-3H3,(H,19,20). The summed E-state index contributed by atoms with van der Waals surface area (Å²) in [6.45, 7) is 6.19. The smallest absolute Gasteiger partial charge is 0.304 e. The van der Waals surface area contributed by atoms with Crippen molar-refractivity contribution < 1.29 is 9.90 Å². The fraction of sp³-hybridized carbons (Fsp3) is 0.278. The fourth-order valence-corrected chi connectivity index (χ4v) is 2.99. The van der Waals surface area contributed by atoms with Crippen molar-refractivity contribution in [2.45, 2.75) is 33.1 Å². The molecular formula is C18H20O2. The van der Waals surface area contributed by atoms with Crippen LogP contribution in [0.5, 0.6) is 0 Å². The van der Waals surface area contributed by atoms with Gasteiger partial charge in [-0.15, -0.1) is 0 Å². The summed E-state index contributed by atoms with van der Waals surface area (Å²) in [7, 11) is 0. The van der Waals surface area contributed by atoms with Crippen molar-refractivity contribution in [1.29, 1.82) is 0 Å². The van der Waals surface area contributed by atoms with Crippen LogP contribution in [0.25, 0.3) is 0 Å². The lowest BCUT2D eigenvalue weighted by molar-refractivity contribution is -0.137. The second-order valence-electron chi connectivity index (χ2n) is 5.37. The first-order valence-corrected chi connectivity index (χ1v) is 6.83. The predicted molar refractivity (Wildman–Crippen MR) is 81.2 cm³/mol. The topological polar surface area (TPSA) is 37.3 Å². The highest BCUT2D eigenvalue weighted by Gasteiger charge is 2.21. The molecule has 0 radical (unpaired) electrons. The van der Waals surface area contributed by atoms with Crippen LogP contribution in [0.3, 0.4) is 0 Å². The van der Waals surface area contributed by atoms with E-state index in [1.807, 2.05) is 30.3 Å². The zero-order chi connectivity index (χ0) is 14.7. The molecule has 2 heteroatoms. The normalized spacial score (nSPS) is 12.2. The largest absolute Gasteiger partial charge is 0.481 e. The summed E-state index contributed by atoms with van der Waals surface area (Å²) in [4.78, 5) is 11.2. The monoisotopic (exact) mass is 268 g/mol. The molecule has 0 saturated heterocycles. The Balaban J connectivity index is 2.55. The summed E-state index contributed by atoms with van der Waals surface area (Å²) in [5, 5.41) is 9.24. The molecule has 1 atom stereocenters. The van der Waals surface area contributed by atoms with E-state index >= 15 is 0 Å². The molecule has 2 aromatic carbocycles. The second-order valence-corrected chi connectivity index (χ2v) is 5.37. The number of aryl methyl sites for hydroxylation is 3. The Morgan fingerprint density at radius 1 is 1.05 bits per heavy atom. The van der Waals surface area contributed by atoms with E-state index in [9.17, 15) is 9.90 Å². The van der Waals surface area contributed by atoms with Crippen molar-refractivity contribution in [1.82, 2.24) is 0 Å². The molecule has 2 aromatic rings. The molecule has 2 nitrogen and oxygen atoms in total. The zero-order valence-corrected chi connectivity index (χ0v) is 12.2. The maximum atomic E-state index is 11.2. The van der Waals surface area contributed by atoms with Crippen LogP contribution in [0.1, 0.15) is 40.2 Å². The Kier molecular flexibility index (Phi) is 4.23. The fourth-order valence-electron chi connectivity index (χ4n) is 2.99. The van der Waals surface area contributed by atoms with E-state index in [4.69, 9.17) is 0 Å². The summed E-state index contributed by atoms with van der Waals surface area (Å²) < 4.78 is 0. The first-order valence-electron chi connectivity index (χ1n) is 6.83. The summed E-state index contributed by atoms with van der Waals surface area (Å²) >= 11 is 0. The van der Waals surface area contributed by atoms with Gasteiger partial charge in [-0.05, 0) is 43.0 Å². The Hall–Kier alpha value is -2.09. The van der Waals surface area contributed by atoms with Crippen LogP contribution in [0, 0.1) is 20.8 Å². The number of carboxylic acids is 1. The molecule has 0 aliphatic heterocycles. The molecule has 1 N–H and O–H groups in total. The number of hydrogen-bond donors (Lipinski definition) is 1. The SMILES string of the molecule is Cc1cc(C)c(C(CC(=O)O)c2ccccc2)c(C)c1. The Morgan fingerprint density at radius 2 is 1.60 bits per heavy atom. The number of carbonyl (C=O) groups is 1. The van der Waals surface area contributed by atoms with Gasteiger partial charge >= 0.3 is 5.97 Å². The molecule has 0 bridgehead atoms. The molecule has 0 aromatic heterocycles. The average Bonchev–Trinajstić information content (AvgIpc) is 2.37. The van der Waals surface area contributed by atoms with Crippen LogP contribution < -0.4 is 0 Å². The highest BCUT2D eigenvalue weighted by Crippen LogP contribution is 2.33. The Bertz CT molecular complexity index is 592. The van der Waals surface area contributed by atoms with Crippen LogP contribution >= 0.6 is 0 Å². The van der Waals surface area contributed by atoms with Crippen LogP contribution in [0.15, 0.2) is 42.5 Å². The molecule has 2 rings (SSSR count). The average molecular weight is 268 g/mol. The third-order valence-corrected chi connectivity index (χ3v) is 3.67. The van der Waals surface area contributed by atoms with Gasteiger partial charge in [0.15, 0.2) is 0 Å². The van der Waals surface area contributed by atoms with Crippen molar-refractivity contribution in [3.05, 3.63) is 70.3 Å². The van der Waals surface area contributed by atoms with Crippen LogP contribution in [-0.4, -0.2) is 11.1 Å². The lowest BCUT2D eigenvalue weighted by atomic mass is 9.83. The second kappa shape index (κ2) is 5.91. The summed E-state index contributed by atoms with van der Waals surface area (Å²) in [5.41, 5.74) is 5.75. The van der Waals surface area contributed by atoms with E-state index in [1.165, 1.54) is 5.56 Å². The first-order chi connectivity index (χ1) is 9.49. The summed E-state index contributed by atoms with van der Waals surface area (Å²) in [6.07, 6.45) is 0.120. The van der Waals surface area contributed by atoms with Crippen molar-refractivity contribution in [3.63, 3.8) is 0 Å². The molecule has 0 spiro atoms. The molecule has 0 fully saturated rings. The third kappa shape index (κ3) is 3.08. The Labute approximate surface area is 120 Å². The van der Waals surface area contributed by atoms with Gasteiger partial charge in [-0.25, -0.2) is 0 Å². The van der Waals surface area contributed by atoms with Crippen LogP contribution in [0.4, 0.5) is 0 Å². The van der Waals surface area contributed by atoms with E-state index in [0.717, 1.165) is 22.3 Å². The van der Waals surface area contributed by atoms with Crippen molar-refractivity contribution >= 4 is 5.97 Å². The molecule has 104 valence electrons. The number of hydrogen-bond acceptors (Lipinski definition) is 1. The summed E-state index contributed by atoms with van der Waals surface area (Å²) in [6, 6.07) is 14.1. The number of benzene rings is 2. The molecular weight excluding hydrogens is 248 g/mol. The van der Waals surface area contributed by atoms with Crippen molar-refractivity contribution in [2.24, 2.45) is 0 Å². The number of aliphatic carboxylic acids is 1. The molecule has 20 heavy (non-hydrogen) atoms. The minimum Gasteiger partial charge on any atom is -0.481 e. The van der Waals surface area contributed by atoms with E-state index in [0.29, 0.717) is 0 Å². The zero-order valence-electron chi connectivity index (χ0n) is 12.2. The van der Waals surface area contributed by atoms with Gasteiger partial charge < -0.3 is 5.11 Å². The van der Waals surface area contributed by atoms with E-state index in [1.54, 1.807) is 0 Å². The van der Waals surface area contributed by atoms with Crippen molar-refractivity contribution in [3.8, 4) is 0 Å². The van der Waals surface area contributed by atoms with Gasteiger partial charge in [-0.1, -0.05) is 48.0 Å². The van der Waals surface area contributed by atoms with Gasteiger partial charge in [0.2, 0.25) is 0 Å². The Morgan fingerprint density at radius 3 is 2.10 bits per heavy atom. The highest BCUT2D eigenvalue weighted by molar-refractivity contribution is 5.69. The molecule has 0 amide bonds. The minimum absolute atomic E-state index is 0.0886. The van der Waals surface area contributed by atoms with Gasteiger partial charge in [-0.3, -0.25) is 4.79 Å². The highest BCUT2D eigenvalue weighted by atomic mass is 16.4. The quantitative estimate of drug-likeness (QED) is 0.901. The third-order valence-electron chi connectivity index (χ3n) is 3.67. The summed E-state index contributed by atoms with van der Waals surface area (Å²) in [5.74, 6) is -0.854. The van der Waals surface area contributed by atoms with E-state index in [-0.39, 0.29) is 12.3 Å². The van der Waals surface area contributed by atoms with Gasteiger partial charge in [0.1, 0.15) is 0 Å². The van der Waals surface area contributed by atoms with Gasteiger partial charge in [0, 0.05) is 5.92 Å². The van der Waals surface area contributed by atoms with E-state index in [2.05, 4.69) is 32.9 Å². The molecule has 0 aliphatic rings. The lowest BCUT2D eigenvalue weighted by Gasteiger charge is -2.21. The molecule has 0 heterocycles. The molecule has 0 aliphatic carbocycles. The van der Waals surface area contributed by atoms with Gasteiger partial charge in [0.05, 0.1) is 6.42 Å². The first kappa shape index (κ1) is 14.3. The maximum Gasteiger partial charge on any atom is 0.304 e. The van der Waals surface area contributed by atoms with Crippen LogP contribution in [-0.2, 0) is 4.79 Å². The number of carboxylic acid groups (broad SMARTS) is 1. The lowest BCUT2D eigenvalue weighted by Crippen LogP contribution is -2.11. The predicted octanol–water partition coefficient (Wildman–Crippen LogP) is 4.22. The molecule has 1 unspecified atom stereocenters. The van der Waals surface area contributed by atoms with Gasteiger partial charge in [-0.2, -0.15) is 0 Å². The maximum absolute atomic E-state index is 11.2. The van der Waals surface area contributed by atoms with Crippen LogP contribution in [0.2, 0.25) is 0 Å². The van der Waals surface area contributed by atoms with E-state index < -0.39 is 5.97 Å². The number of rotatable bonds is 4. The van der Waals surface area contributed by atoms with Gasteiger partial charge in [0.25, 0.3) is 0 Å². The van der Waals surface area contributed by atoms with Crippen molar-refractivity contribution in [2.75, 3.05) is 0 Å².